The van der Waals surface area contributed by atoms with Crippen LogP contribution in [0.5, 0.6) is 5.75 Å². The van der Waals surface area contributed by atoms with E-state index in [1.165, 1.54) is 18.2 Å². The lowest BCUT2D eigenvalue weighted by molar-refractivity contribution is -0.384. The van der Waals surface area contributed by atoms with Crippen molar-refractivity contribution in [1.29, 1.82) is 0 Å². The molecule has 10 heteroatoms. The maximum absolute atomic E-state index is 12.3. The molecule has 3 N–H and O–H groups in total. The van der Waals surface area contributed by atoms with E-state index in [9.17, 15) is 29.6 Å². The van der Waals surface area contributed by atoms with Crippen molar-refractivity contribution in [3.63, 3.8) is 0 Å². The zero-order valence-corrected chi connectivity index (χ0v) is 16.2. The lowest BCUT2D eigenvalue weighted by atomic mass is 10.1. The summed E-state index contributed by atoms with van der Waals surface area (Å²) in [7, 11) is 0. The molecule has 2 rings (SSSR count). The quantitative estimate of drug-likeness (QED) is 0.246. The van der Waals surface area contributed by atoms with Crippen LogP contribution < -0.4 is 10.6 Å². The van der Waals surface area contributed by atoms with E-state index in [-0.39, 0.29) is 42.5 Å². The second-order valence-electron chi connectivity index (χ2n) is 6.16. The van der Waals surface area contributed by atoms with Gasteiger partial charge in [-0.1, -0.05) is 6.07 Å². The molecule has 0 spiro atoms. The van der Waals surface area contributed by atoms with Crippen LogP contribution in [0.15, 0.2) is 42.5 Å². The Morgan fingerprint density at radius 1 is 1.00 bits per heavy atom. The highest BCUT2D eigenvalue weighted by atomic mass is 16.6. The Balaban J connectivity index is 1.90. The summed E-state index contributed by atoms with van der Waals surface area (Å²) in [4.78, 5) is 46.5. The average molecular weight is 415 g/mol. The molecule has 0 aliphatic carbocycles. The fraction of sp³-hybridized carbons (Fsp3) is 0.250. The van der Waals surface area contributed by atoms with Crippen molar-refractivity contribution in [1.82, 2.24) is 10.6 Å². The minimum absolute atomic E-state index is 0.0194. The number of carbonyl (C=O) groups is 3. The fourth-order valence-electron chi connectivity index (χ4n) is 2.52. The number of nitrogens with one attached hydrogen (secondary N) is 2. The van der Waals surface area contributed by atoms with E-state index in [2.05, 4.69) is 10.6 Å². The Bertz CT molecular complexity index is 959. The number of benzene rings is 2. The van der Waals surface area contributed by atoms with Gasteiger partial charge in [0.15, 0.2) is 0 Å². The molecular formula is C20H21N3O7. The predicted molar refractivity (Wildman–Crippen MR) is 106 cm³/mol. The van der Waals surface area contributed by atoms with Crippen molar-refractivity contribution in [2.24, 2.45) is 0 Å². The first-order valence-electron chi connectivity index (χ1n) is 9.14. The number of rotatable bonds is 9. The molecule has 0 saturated heterocycles. The van der Waals surface area contributed by atoms with Crippen molar-refractivity contribution < 1.29 is 29.2 Å². The first-order chi connectivity index (χ1) is 14.3. The SMILES string of the molecule is CCOC(=O)c1cc(C(=O)NCCCNC(=O)c2cccc(O)c2)cc([N+](=O)[O-])c1. The number of phenolic OH excluding ortho intramolecular Hbond substituents is 1. The Labute approximate surface area is 172 Å². The standard InChI is InChI=1S/C20H21N3O7/c1-2-30-20(27)15-9-14(10-16(11-15)23(28)29)19(26)22-8-4-7-21-18(25)13-5-3-6-17(24)12-13/h3,5-6,9-12,24H,2,4,7-8H2,1H3,(H,21,25)(H,22,26). The van der Waals surface area contributed by atoms with Gasteiger partial charge in [0.2, 0.25) is 0 Å². The molecule has 30 heavy (non-hydrogen) atoms. The predicted octanol–water partition coefficient (Wildman–Crippen LogP) is 2.03. The smallest absolute Gasteiger partial charge is 0.338 e. The number of aromatic hydroxyl groups is 1. The van der Waals surface area contributed by atoms with Crippen LogP contribution in [-0.4, -0.2) is 47.5 Å². The second kappa shape index (κ2) is 10.6. The molecule has 158 valence electrons. The van der Waals surface area contributed by atoms with Crippen molar-refractivity contribution in [3.05, 3.63) is 69.3 Å². The average Bonchev–Trinajstić information content (AvgIpc) is 2.73. The van der Waals surface area contributed by atoms with E-state index >= 15 is 0 Å². The molecule has 2 aromatic rings. The number of nitrogens with zero attached hydrogens (tertiary/aromatic N) is 1. The van der Waals surface area contributed by atoms with Crippen molar-refractivity contribution >= 4 is 23.5 Å². The number of ether oxygens (including phenoxy) is 1. The van der Waals surface area contributed by atoms with E-state index in [1.54, 1.807) is 19.1 Å². The van der Waals surface area contributed by atoms with Crippen LogP contribution in [0.25, 0.3) is 0 Å². The molecule has 0 bridgehead atoms. The molecular weight excluding hydrogens is 394 g/mol. The van der Waals surface area contributed by atoms with Crippen LogP contribution in [0, 0.1) is 10.1 Å². The van der Waals surface area contributed by atoms with E-state index < -0.39 is 22.5 Å². The number of hydrogen-bond acceptors (Lipinski definition) is 7. The minimum atomic E-state index is -0.759. The molecule has 10 nitrogen and oxygen atoms in total. The summed E-state index contributed by atoms with van der Waals surface area (Å²) in [5, 5.41) is 25.7. The highest BCUT2D eigenvalue weighted by Crippen LogP contribution is 2.18. The maximum Gasteiger partial charge on any atom is 0.338 e. The van der Waals surface area contributed by atoms with Gasteiger partial charge in [-0.25, -0.2) is 4.79 Å². The van der Waals surface area contributed by atoms with Gasteiger partial charge in [-0.3, -0.25) is 19.7 Å². The normalized spacial score (nSPS) is 10.2. The lowest BCUT2D eigenvalue weighted by Crippen LogP contribution is -2.30. The number of amides is 2. The zero-order valence-electron chi connectivity index (χ0n) is 16.2. The third-order valence-corrected chi connectivity index (χ3v) is 3.93. The van der Waals surface area contributed by atoms with Gasteiger partial charge in [-0.2, -0.15) is 0 Å². The van der Waals surface area contributed by atoms with E-state index in [0.717, 1.165) is 12.1 Å². The highest BCUT2D eigenvalue weighted by Gasteiger charge is 2.18. The van der Waals surface area contributed by atoms with Gasteiger partial charge in [0.25, 0.3) is 17.5 Å². The van der Waals surface area contributed by atoms with Gasteiger partial charge in [0, 0.05) is 36.3 Å². The third kappa shape index (κ3) is 6.30. The summed E-state index contributed by atoms with van der Waals surface area (Å²) in [5.74, 6) is -1.74. The van der Waals surface area contributed by atoms with E-state index in [1.807, 2.05) is 0 Å². The van der Waals surface area contributed by atoms with Crippen LogP contribution in [0.3, 0.4) is 0 Å². The minimum Gasteiger partial charge on any atom is -0.508 e. The topological polar surface area (TPSA) is 148 Å². The summed E-state index contributed by atoms with van der Waals surface area (Å²) in [6.45, 7) is 2.15. The van der Waals surface area contributed by atoms with Crippen molar-refractivity contribution in [2.75, 3.05) is 19.7 Å². The first kappa shape index (κ1) is 22.3. The molecule has 0 aliphatic heterocycles. The van der Waals surface area contributed by atoms with Gasteiger partial charge in [-0.05, 0) is 37.6 Å². The number of non-ortho nitro benzene ring substituents is 1. The Morgan fingerprint density at radius 2 is 1.63 bits per heavy atom. The molecule has 0 radical (unpaired) electrons. The number of hydrogen-bond donors (Lipinski definition) is 3. The van der Waals surface area contributed by atoms with Crippen LogP contribution in [-0.2, 0) is 4.74 Å². The molecule has 0 fully saturated rings. The van der Waals surface area contributed by atoms with Gasteiger partial charge < -0.3 is 20.5 Å². The Morgan fingerprint density at radius 3 is 2.23 bits per heavy atom. The number of nitro benzene ring substituents is 1. The molecule has 0 saturated carbocycles. The summed E-state index contributed by atoms with van der Waals surface area (Å²) < 4.78 is 4.83. The highest BCUT2D eigenvalue weighted by molar-refractivity contribution is 5.99. The van der Waals surface area contributed by atoms with Crippen LogP contribution >= 0.6 is 0 Å². The first-order valence-corrected chi connectivity index (χ1v) is 9.14. The van der Waals surface area contributed by atoms with Crippen LogP contribution in [0.1, 0.15) is 44.4 Å². The molecule has 0 aromatic heterocycles. The monoisotopic (exact) mass is 415 g/mol. The van der Waals surface area contributed by atoms with Gasteiger partial charge in [-0.15, -0.1) is 0 Å². The van der Waals surface area contributed by atoms with Crippen LogP contribution in [0.2, 0.25) is 0 Å². The number of carbonyl (C=O) groups excluding carboxylic acids is 3. The third-order valence-electron chi connectivity index (χ3n) is 3.93. The van der Waals surface area contributed by atoms with Gasteiger partial charge in [0.1, 0.15) is 5.75 Å². The summed E-state index contributed by atoms with van der Waals surface area (Å²) in [5.41, 5.74) is -0.225. The molecule has 2 aromatic carbocycles. The molecule has 0 atom stereocenters. The Hall–Kier alpha value is -3.95. The number of esters is 1. The van der Waals surface area contributed by atoms with E-state index in [4.69, 9.17) is 4.74 Å². The van der Waals surface area contributed by atoms with Crippen molar-refractivity contribution in [3.8, 4) is 5.75 Å². The maximum atomic E-state index is 12.3. The molecule has 2 amide bonds. The summed E-state index contributed by atoms with van der Waals surface area (Å²) in [6.07, 6.45) is 0.399. The number of phenols is 1. The Kier molecular flexibility index (Phi) is 7.86. The molecule has 0 aliphatic rings. The molecule has 0 unspecified atom stereocenters. The zero-order chi connectivity index (χ0) is 22.1. The molecule has 0 heterocycles. The second-order valence-corrected chi connectivity index (χ2v) is 6.16. The van der Waals surface area contributed by atoms with Crippen LogP contribution in [0.4, 0.5) is 5.69 Å². The lowest BCUT2D eigenvalue weighted by Gasteiger charge is -2.08. The van der Waals surface area contributed by atoms with Gasteiger partial charge >= 0.3 is 5.97 Å². The summed E-state index contributed by atoms with van der Waals surface area (Å²) in [6, 6.07) is 9.24. The number of nitro groups is 1. The fourth-order valence-corrected chi connectivity index (χ4v) is 2.52. The largest absolute Gasteiger partial charge is 0.508 e. The van der Waals surface area contributed by atoms with Gasteiger partial charge in [0.05, 0.1) is 17.1 Å². The summed E-state index contributed by atoms with van der Waals surface area (Å²) >= 11 is 0. The van der Waals surface area contributed by atoms with Crippen molar-refractivity contribution in [2.45, 2.75) is 13.3 Å². The van der Waals surface area contributed by atoms with E-state index in [0.29, 0.717) is 12.0 Å².